The first-order valence-corrected chi connectivity index (χ1v) is 9.27. The van der Waals surface area contributed by atoms with Gasteiger partial charge in [0.05, 0.1) is 12.8 Å². The Kier molecular flexibility index (Phi) is 7.47. The number of hydrogen-bond donors (Lipinski definition) is 2. The number of anilines is 1. The van der Waals surface area contributed by atoms with Crippen molar-refractivity contribution >= 4 is 49.6 Å². The summed E-state index contributed by atoms with van der Waals surface area (Å²) in [6.07, 6.45) is -0.470. The van der Waals surface area contributed by atoms with Crippen molar-refractivity contribution in [2.75, 3.05) is 12.8 Å². The van der Waals surface area contributed by atoms with Crippen molar-refractivity contribution in [3.63, 3.8) is 0 Å². The number of nitrogens with one attached hydrogen (secondary N) is 1. The van der Waals surface area contributed by atoms with Gasteiger partial charge in [0.15, 0.2) is 0 Å². The van der Waals surface area contributed by atoms with E-state index in [4.69, 9.17) is 15.2 Å². The van der Waals surface area contributed by atoms with Crippen LogP contribution < -0.4 is 11.1 Å². The predicted octanol–water partition coefficient (Wildman–Crippen LogP) is 3.80. The van der Waals surface area contributed by atoms with Gasteiger partial charge in [-0.15, -0.1) is 0 Å². The lowest BCUT2D eigenvalue weighted by atomic mass is 10.1. The van der Waals surface area contributed by atoms with Gasteiger partial charge in [-0.25, -0.2) is 9.59 Å². The normalized spacial score (nSPS) is 11.5. The van der Waals surface area contributed by atoms with E-state index in [1.165, 1.54) is 7.11 Å². The zero-order valence-electron chi connectivity index (χ0n) is 14.0. The van der Waals surface area contributed by atoms with Gasteiger partial charge in [-0.1, -0.05) is 30.3 Å². The summed E-state index contributed by atoms with van der Waals surface area (Å²) >= 11 is 6.72. The maximum atomic E-state index is 12.0. The van der Waals surface area contributed by atoms with Crippen LogP contribution in [-0.4, -0.2) is 25.2 Å². The molecule has 138 valence electrons. The second-order valence-corrected chi connectivity index (χ2v) is 7.17. The Morgan fingerprint density at radius 3 is 2.31 bits per heavy atom. The van der Waals surface area contributed by atoms with Gasteiger partial charge in [-0.05, 0) is 55.1 Å². The number of esters is 1. The Morgan fingerprint density at radius 2 is 1.73 bits per heavy atom. The Hall–Kier alpha value is -2.06. The molecule has 8 heteroatoms. The van der Waals surface area contributed by atoms with Gasteiger partial charge in [0.25, 0.3) is 0 Å². The van der Waals surface area contributed by atoms with Gasteiger partial charge in [-0.3, -0.25) is 0 Å². The summed E-state index contributed by atoms with van der Waals surface area (Å²) in [4.78, 5) is 24.1. The van der Waals surface area contributed by atoms with Crippen molar-refractivity contribution in [3.05, 3.63) is 62.5 Å². The van der Waals surface area contributed by atoms with Crippen LogP contribution in [0.3, 0.4) is 0 Å². The van der Waals surface area contributed by atoms with E-state index in [9.17, 15) is 9.59 Å². The van der Waals surface area contributed by atoms with Crippen molar-refractivity contribution in [3.8, 4) is 0 Å². The number of rotatable bonds is 6. The van der Waals surface area contributed by atoms with Crippen LogP contribution >= 0.6 is 31.9 Å². The molecule has 3 N–H and O–H groups in total. The third-order valence-corrected chi connectivity index (χ3v) is 4.88. The van der Waals surface area contributed by atoms with E-state index in [-0.39, 0.29) is 13.0 Å². The summed E-state index contributed by atoms with van der Waals surface area (Å²) in [5.74, 6) is -0.564. The summed E-state index contributed by atoms with van der Waals surface area (Å²) in [5.41, 5.74) is 8.06. The molecule has 0 unspecified atom stereocenters. The van der Waals surface area contributed by atoms with Crippen LogP contribution in [0.5, 0.6) is 0 Å². The van der Waals surface area contributed by atoms with Crippen molar-refractivity contribution in [1.82, 2.24) is 5.32 Å². The second kappa shape index (κ2) is 9.59. The van der Waals surface area contributed by atoms with Crippen LogP contribution in [-0.2, 0) is 27.3 Å². The summed E-state index contributed by atoms with van der Waals surface area (Å²) < 4.78 is 11.3. The van der Waals surface area contributed by atoms with E-state index >= 15 is 0 Å². The van der Waals surface area contributed by atoms with E-state index < -0.39 is 18.1 Å². The van der Waals surface area contributed by atoms with Crippen LogP contribution in [0.25, 0.3) is 0 Å². The van der Waals surface area contributed by atoms with Crippen LogP contribution in [0.4, 0.5) is 10.5 Å². The average Bonchev–Trinajstić information content (AvgIpc) is 2.64. The SMILES string of the molecule is COC(=O)[C@@H](Cc1cc(Br)c(N)c(Br)c1)NC(=O)OCc1ccccc1. The van der Waals surface area contributed by atoms with Crippen molar-refractivity contribution in [1.29, 1.82) is 0 Å². The minimum Gasteiger partial charge on any atom is -0.467 e. The van der Waals surface area contributed by atoms with E-state index in [1.54, 1.807) is 12.1 Å². The molecule has 0 fully saturated rings. The van der Waals surface area contributed by atoms with Crippen molar-refractivity contribution in [2.24, 2.45) is 0 Å². The number of carbonyl (C=O) groups is 2. The highest BCUT2D eigenvalue weighted by atomic mass is 79.9. The lowest BCUT2D eigenvalue weighted by molar-refractivity contribution is -0.143. The highest BCUT2D eigenvalue weighted by Gasteiger charge is 2.23. The molecular weight excluding hydrogens is 468 g/mol. The van der Waals surface area contributed by atoms with Crippen LogP contribution in [0.2, 0.25) is 0 Å². The number of nitrogens with two attached hydrogens (primary N) is 1. The smallest absolute Gasteiger partial charge is 0.408 e. The van der Waals surface area contributed by atoms with Crippen LogP contribution in [0.1, 0.15) is 11.1 Å². The molecule has 1 atom stereocenters. The molecule has 0 heterocycles. The molecule has 2 aromatic carbocycles. The highest BCUT2D eigenvalue weighted by Crippen LogP contribution is 2.30. The largest absolute Gasteiger partial charge is 0.467 e. The quantitative estimate of drug-likeness (QED) is 0.479. The molecule has 0 aliphatic heterocycles. The minimum absolute atomic E-state index is 0.111. The molecule has 0 aliphatic rings. The zero-order chi connectivity index (χ0) is 19.1. The second-order valence-electron chi connectivity index (χ2n) is 5.46. The average molecular weight is 486 g/mol. The van der Waals surface area contributed by atoms with Crippen LogP contribution in [0.15, 0.2) is 51.4 Å². The number of alkyl carbamates (subject to hydrolysis) is 1. The molecule has 2 aromatic rings. The molecule has 1 amide bonds. The van der Waals surface area contributed by atoms with Gasteiger partial charge in [0.1, 0.15) is 12.6 Å². The molecule has 0 aromatic heterocycles. The topological polar surface area (TPSA) is 90.6 Å². The molecule has 0 spiro atoms. The van der Waals surface area contributed by atoms with Gasteiger partial charge in [0, 0.05) is 15.4 Å². The van der Waals surface area contributed by atoms with Gasteiger partial charge in [0.2, 0.25) is 0 Å². The molecule has 2 rings (SSSR count). The van der Waals surface area contributed by atoms with Crippen LogP contribution in [0, 0.1) is 0 Å². The van der Waals surface area contributed by atoms with E-state index in [2.05, 4.69) is 37.2 Å². The number of carbonyl (C=O) groups excluding carboxylic acids is 2. The molecular formula is C18H18Br2N2O4. The number of hydrogen-bond acceptors (Lipinski definition) is 5. The zero-order valence-corrected chi connectivity index (χ0v) is 17.2. The van der Waals surface area contributed by atoms with Gasteiger partial charge < -0.3 is 20.5 Å². The maximum absolute atomic E-state index is 12.0. The molecule has 0 radical (unpaired) electrons. The molecule has 0 aliphatic carbocycles. The molecule has 0 saturated heterocycles. The van der Waals surface area contributed by atoms with E-state index in [0.717, 1.165) is 11.1 Å². The Balaban J connectivity index is 2.03. The number of nitrogen functional groups attached to an aromatic ring is 1. The summed E-state index contributed by atoms with van der Waals surface area (Å²) in [6.45, 7) is 0.111. The lowest BCUT2D eigenvalue weighted by Crippen LogP contribution is -2.43. The van der Waals surface area contributed by atoms with E-state index in [0.29, 0.717) is 14.6 Å². The predicted molar refractivity (Wildman–Crippen MR) is 106 cm³/mol. The standard InChI is InChI=1S/C18H18Br2N2O4/c1-25-17(23)15(9-12-7-13(19)16(21)14(20)8-12)22-18(24)26-10-11-5-3-2-4-6-11/h2-8,15H,9-10,21H2,1H3,(H,22,24)/t15-/m1/s1. The fourth-order valence-electron chi connectivity index (χ4n) is 2.23. The minimum atomic E-state index is -0.884. The van der Waals surface area contributed by atoms with E-state index in [1.807, 2.05) is 30.3 Å². The number of methoxy groups -OCH3 is 1. The maximum Gasteiger partial charge on any atom is 0.408 e. The summed E-state index contributed by atoms with van der Waals surface area (Å²) in [6, 6.07) is 11.9. The number of ether oxygens (including phenoxy) is 2. The first-order valence-electron chi connectivity index (χ1n) is 7.69. The summed E-state index contributed by atoms with van der Waals surface area (Å²) in [5, 5.41) is 2.54. The third kappa shape index (κ3) is 5.74. The van der Waals surface area contributed by atoms with Gasteiger partial charge in [-0.2, -0.15) is 0 Å². The lowest BCUT2D eigenvalue weighted by Gasteiger charge is -2.17. The van der Waals surface area contributed by atoms with Crippen molar-refractivity contribution < 1.29 is 19.1 Å². The number of amides is 1. The molecule has 6 nitrogen and oxygen atoms in total. The molecule has 0 bridgehead atoms. The highest BCUT2D eigenvalue weighted by molar-refractivity contribution is 9.11. The fourth-order valence-corrected chi connectivity index (χ4v) is 3.51. The monoisotopic (exact) mass is 484 g/mol. The first-order chi connectivity index (χ1) is 12.4. The Morgan fingerprint density at radius 1 is 1.12 bits per heavy atom. The third-order valence-electron chi connectivity index (χ3n) is 3.57. The Bertz CT molecular complexity index is 761. The summed E-state index contributed by atoms with van der Waals surface area (Å²) in [7, 11) is 1.27. The number of benzene rings is 2. The van der Waals surface area contributed by atoms with Gasteiger partial charge >= 0.3 is 12.1 Å². The Labute approximate surface area is 168 Å². The first kappa shape index (κ1) is 20.3. The molecule has 26 heavy (non-hydrogen) atoms. The van der Waals surface area contributed by atoms with Crippen molar-refractivity contribution in [2.45, 2.75) is 19.1 Å². The molecule has 0 saturated carbocycles. The fraction of sp³-hybridized carbons (Fsp3) is 0.222. The number of halogens is 2.